The lowest BCUT2D eigenvalue weighted by atomic mass is 9.97. The van der Waals surface area contributed by atoms with Crippen LogP contribution in [-0.4, -0.2) is 49.2 Å². The monoisotopic (exact) mass is 555 g/mol. The van der Waals surface area contributed by atoms with Gasteiger partial charge in [0.25, 0.3) is 5.91 Å². The first-order valence-electron chi connectivity index (χ1n) is 12.6. The topological polar surface area (TPSA) is 119 Å². The number of nitrogen functional groups attached to an aromatic ring is 1. The van der Waals surface area contributed by atoms with Crippen molar-refractivity contribution in [1.82, 2.24) is 24.3 Å². The van der Waals surface area contributed by atoms with Crippen LogP contribution < -0.4 is 11.1 Å². The average Bonchev–Trinajstić information content (AvgIpc) is 3.33. The number of amides is 2. The van der Waals surface area contributed by atoms with Crippen LogP contribution in [0.3, 0.4) is 0 Å². The number of alkyl halides is 3. The van der Waals surface area contributed by atoms with E-state index in [-0.39, 0.29) is 23.5 Å². The molecule has 208 valence electrons. The summed E-state index contributed by atoms with van der Waals surface area (Å²) in [6.45, 7) is 2.98. The zero-order valence-corrected chi connectivity index (χ0v) is 21.4. The fraction of sp³-hybridized carbons (Fsp3) is 0.296. The highest BCUT2D eigenvalue weighted by atomic mass is 19.4. The van der Waals surface area contributed by atoms with E-state index in [0.717, 1.165) is 31.2 Å². The summed E-state index contributed by atoms with van der Waals surface area (Å²) in [5.41, 5.74) is 5.95. The molecule has 4 aromatic rings. The molecule has 3 aromatic heterocycles. The number of nitrogens with one attached hydrogen (secondary N) is 1. The van der Waals surface area contributed by atoms with E-state index in [1.807, 2.05) is 11.8 Å². The van der Waals surface area contributed by atoms with Crippen molar-refractivity contribution < 1.29 is 27.2 Å². The highest BCUT2D eigenvalue weighted by Crippen LogP contribution is 2.35. The standard InChI is InChI=1S/C27H25F4N7O2/c1-2-21(39)37-10-3-4-16(14-37)25-36-22(23-24(32)34-9-11-38(23)25)15-5-6-18(19(28)12-15)26(40)35-20-13-17(7-8-33-20)27(29,30)31/h5-9,11-13,16H,2-4,10,14H2,1H3,(H2,32,34)(H,33,35,40). The Labute approximate surface area is 226 Å². The van der Waals surface area contributed by atoms with Gasteiger partial charge >= 0.3 is 6.18 Å². The highest BCUT2D eigenvalue weighted by Gasteiger charge is 2.31. The van der Waals surface area contributed by atoms with Gasteiger partial charge in [-0.3, -0.25) is 14.0 Å². The summed E-state index contributed by atoms with van der Waals surface area (Å²) in [7, 11) is 0. The maximum atomic E-state index is 15.2. The van der Waals surface area contributed by atoms with Gasteiger partial charge in [0.05, 0.1) is 11.1 Å². The number of piperidine rings is 1. The van der Waals surface area contributed by atoms with E-state index in [1.54, 1.807) is 10.6 Å². The van der Waals surface area contributed by atoms with E-state index in [1.165, 1.54) is 18.3 Å². The fourth-order valence-electron chi connectivity index (χ4n) is 4.92. The van der Waals surface area contributed by atoms with Gasteiger partial charge in [0.1, 0.15) is 34.5 Å². The molecule has 1 saturated heterocycles. The summed E-state index contributed by atoms with van der Waals surface area (Å²) >= 11 is 0. The van der Waals surface area contributed by atoms with Gasteiger partial charge in [0.2, 0.25) is 5.91 Å². The Morgan fingerprint density at radius 3 is 2.67 bits per heavy atom. The summed E-state index contributed by atoms with van der Waals surface area (Å²) in [4.78, 5) is 39.5. The molecule has 1 aromatic carbocycles. The number of hydrogen-bond donors (Lipinski definition) is 2. The van der Waals surface area contributed by atoms with Gasteiger partial charge in [-0.25, -0.2) is 19.3 Å². The van der Waals surface area contributed by atoms with Crippen LogP contribution in [0.2, 0.25) is 0 Å². The number of hydrogen-bond acceptors (Lipinski definition) is 6. The molecule has 1 unspecified atom stereocenters. The molecule has 4 heterocycles. The van der Waals surface area contributed by atoms with Crippen molar-refractivity contribution in [3.8, 4) is 11.3 Å². The van der Waals surface area contributed by atoms with Gasteiger partial charge in [-0.15, -0.1) is 0 Å². The molecule has 0 saturated carbocycles. The first-order chi connectivity index (χ1) is 19.1. The molecular formula is C27H25F4N7O2. The predicted octanol–water partition coefficient (Wildman–Crippen LogP) is 4.90. The Kier molecular flexibility index (Phi) is 7.13. The molecule has 40 heavy (non-hydrogen) atoms. The van der Waals surface area contributed by atoms with E-state index >= 15 is 4.39 Å². The molecule has 0 bridgehead atoms. The van der Waals surface area contributed by atoms with Gasteiger partial charge < -0.3 is 16.0 Å². The molecule has 3 N–H and O–H groups in total. The molecular weight excluding hydrogens is 530 g/mol. The molecule has 13 heteroatoms. The summed E-state index contributed by atoms with van der Waals surface area (Å²) in [5, 5.41) is 2.20. The van der Waals surface area contributed by atoms with Crippen LogP contribution in [0.15, 0.2) is 48.9 Å². The largest absolute Gasteiger partial charge is 0.416 e. The predicted molar refractivity (Wildman–Crippen MR) is 139 cm³/mol. The minimum absolute atomic E-state index is 0.0586. The molecule has 1 fully saturated rings. The van der Waals surface area contributed by atoms with Crippen LogP contribution >= 0.6 is 0 Å². The Bertz CT molecular complexity index is 1600. The molecule has 1 atom stereocenters. The van der Waals surface area contributed by atoms with Crippen LogP contribution in [0.25, 0.3) is 16.8 Å². The maximum absolute atomic E-state index is 15.2. The second-order valence-corrected chi connectivity index (χ2v) is 9.46. The van der Waals surface area contributed by atoms with Crippen LogP contribution in [0.5, 0.6) is 0 Å². The first-order valence-corrected chi connectivity index (χ1v) is 12.6. The number of imidazole rings is 1. The second kappa shape index (κ2) is 10.5. The lowest BCUT2D eigenvalue weighted by Crippen LogP contribution is -2.39. The van der Waals surface area contributed by atoms with Crippen molar-refractivity contribution in [2.24, 2.45) is 0 Å². The minimum Gasteiger partial charge on any atom is -0.382 e. The molecule has 9 nitrogen and oxygen atoms in total. The van der Waals surface area contributed by atoms with Crippen LogP contribution in [0.1, 0.15) is 53.8 Å². The Morgan fingerprint density at radius 1 is 1.15 bits per heavy atom. The Morgan fingerprint density at radius 2 is 1.95 bits per heavy atom. The number of rotatable bonds is 5. The van der Waals surface area contributed by atoms with Gasteiger partial charge in [0.15, 0.2) is 0 Å². The summed E-state index contributed by atoms with van der Waals surface area (Å²) in [6.07, 6.45) is 1.52. The minimum atomic E-state index is -4.63. The second-order valence-electron chi connectivity index (χ2n) is 9.46. The molecule has 0 spiro atoms. The van der Waals surface area contributed by atoms with E-state index in [4.69, 9.17) is 10.7 Å². The lowest BCUT2D eigenvalue weighted by molar-refractivity contribution is -0.137. The van der Waals surface area contributed by atoms with Crippen molar-refractivity contribution in [2.45, 2.75) is 38.3 Å². The fourth-order valence-corrected chi connectivity index (χ4v) is 4.92. The Hall–Kier alpha value is -4.55. The first kappa shape index (κ1) is 27.0. The van der Waals surface area contributed by atoms with E-state index in [9.17, 15) is 22.8 Å². The number of carbonyl (C=O) groups excluding carboxylic acids is 2. The third-order valence-electron chi connectivity index (χ3n) is 6.87. The summed E-state index contributed by atoms with van der Waals surface area (Å²) in [5.74, 6) is -1.43. The van der Waals surface area contributed by atoms with Crippen molar-refractivity contribution in [1.29, 1.82) is 0 Å². The number of nitrogens with zero attached hydrogens (tertiary/aromatic N) is 5. The van der Waals surface area contributed by atoms with E-state index in [2.05, 4.69) is 15.3 Å². The maximum Gasteiger partial charge on any atom is 0.416 e. The normalized spacial score (nSPS) is 15.8. The van der Waals surface area contributed by atoms with Gasteiger partial charge in [-0.05, 0) is 37.1 Å². The Balaban J connectivity index is 1.47. The SMILES string of the molecule is CCC(=O)N1CCCC(c2nc(-c3ccc(C(=O)Nc4cc(C(F)(F)F)ccn4)c(F)c3)c3c(N)nccn23)C1. The van der Waals surface area contributed by atoms with Gasteiger partial charge in [-0.1, -0.05) is 13.0 Å². The quantitative estimate of drug-likeness (QED) is 0.338. The highest BCUT2D eigenvalue weighted by molar-refractivity contribution is 6.04. The molecule has 1 aliphatic rings. The van der Waals surface area contributed by atoms with Crippen molar-refractivity contribution >= 4 is 29.0 Å². The number of anilines is 2. The number of pyridine rings is 1. The van der Waals surface area contributed by atoms with Gasteiger partial charge in [-0.2, -0.15) is 13.2 Å². The third-order valence-corrected chi connectivity index (χ3v) is 6.87. The lowest BCUT2D eigenvalue weighted by Gasteiger charge is -2.32. The number of benzene rings is 1. The van der Waals surface area contributed by atoms with Crippen molar-refractivity contribution in [2.75, 3.05) is 24.1 Å². The van der Waals surface area contributed by atoms with Crippen molar-refractivity contribution in [3.63, 3.8) is 0 Å². The third kappa shape index (κ3) is 5.18. The number of likely N-dealkylation sites (tertiary alicyclic amines) is 1. The van der Waals surface area contributed by atoms with Crippen LogP contribution in [0.4, 0.5) is 29.2 Å². The van der Waals surface area contributed by atoms with Crippen LogP contribution in [0, 0.1) is 5.82 Å². The summed E-state index contributed by atoms with van der Waals surface area (Å²) in [6, 6.07) is 5.23. The molecule has 0 aliphatic carbocycles. The molecule has 2 amide bonds. The zero-order valence-electron chi connectivity index (χ0n) is 21.4. The summed E-state index contributed by atoms with van der Waals surface area (Å²) < 4.78 is 56.0. The number of carbonyl (C=O) groups is 2. The van der Waals surface area contributed by atoms with Crippen LogP contribution in [-0.2, 0) is 11.0 Å². The number of halogens is 4. The molecule has 0 radical (unpaired) electrons. The van der Waals surface area contributed by atoms with Crippen molar-refractivity contribution in [3.05, 3.63) is 71.7 Å². The van der Waals surface area contributed by atoms with Gasteiger partial charge in [0, 0.05) is 49.6 Å². The van der Waals surface area contributed by atoms with E-state index in [0.29, 0.717) is 48.2 Å². The molecule has 5 rings (SSSR count). The number of aromatic nitrogens is 4. The number of nitrogens with two attached hydrogens (primary N) is 1. The average molecular weight is 556 g/mol. The smallest absolute Gasteiger partial charge is 0.382 e. The number of fused-ring (bicyclic) bond motifs is 1. The molecule has 1 aliphatic heterocycles. The zero-order chi connectivity index (χ0) is 28.6. The van der Waals surface area contributed by atoms with E-state index < -0.39 is 29.0 Å².